The SMILES string of the molecule is CCc1ccc(C(O)Cc2ccco2)s1. The molecule has 1 unspecified atom stereocenters. The van der Waals surface area contributed by atoms with Gasteiger partial charge in [-0.05, 0) is 30.7 Å². The van der Waals surface area contributed by atoms with E-state index in [1.54, 1.807) is 17.6 Å². The first kappa shape index (κ1) is 10.5. The Balaban J connectivity index is 2.04. The first-order chi connectivity index (χ1) is 7.29. The van der Waals surface area contributed by atoms with E-state index < -0.39 is 6.10 Å². The Morgan fingerprint density at radius 1 is 1.40 bits per heavy atom. The quantitative estimate of drug-likeness (QED) is 0.862. The van der Waals surface area contributed by atoms with E-state index in [-0.39, 0.29) is 0 Å². The van der Waals surface area contributed by atoms with Crippen molar-refractivity contribution in [2.45, 2.75) is 25.9 Å². The van der Waals surface area contributed by atoms with Gasteiger partial charge in [-0.2, -0.15) is 0 Å². The molecule has 0 saturated carbocycles. The highest BCUT2D eigenvalue weighted by Crippen LogP contribution is 2.26. The predicted octanol–water partition coefficient (Wildman–Crippen LogP) is 3.18. The van der Waals surface area contributed by atoms with Gasteiger partial charge in [-0.3, -0.25) is 0 Å². The molecule has 0 amide bonds. The van der Waals surface area contributed by atoms with Crippen molar-refractivity contribution in [2.24, 2.45) is 0 Å². The van der Waals surface area contributed by atoms with Crippen LogP contribution in [-0.4, -0.2) is 5.11 Å². The largest absolute Gasteiger partial charge is 0.469 e. The van der Waals surface area contributed by atoms with E-state index in [0.29, 0.717) is 6.42 Å². The summed E-state index contributed by atoms with van der Waals surface area (Å²) in [6, 6.07) is 7.80. The lowest BCUT2D eigenvalue weighted by Gasteiger charge is -2.05. The minimum Gasteiger partial charge on any atom is -0.469 e. The number of aliphatic hydroxyl groups is 1. The number of aliphatic hydroxyl groups excluding tert-OH is 1. The van der Waals surface area contributed by atoms with Crippen LogP contribution in [0.2, 0.25) is 0 Å². The number of thiophene rings is 1. The molecule has 1 N–H and O–H groups in total. The molecular formula is C12H14O2S. The third-order valence-electron chi connectivity index (χ3n) is 2.33. The van der Waals surface area contributed by atoms with Crippen LogP contribution in [0.4, 0.5) is 0 Å². The van der Waals surface area contributed by atoms with Crippen molar-refractivity contribution in [3.8, 4) is 0 Å². The van der Waals surface area contributed by atoms with Gasteiger partial charge in [0.15, 0.2) is 0 Å². The maximum absolute atomic E-state index is 9.95. The topological polar surface area (TPSA) is 33.4 Å². The summed E-state index contributed by atoms with van der Waals surface area (Å²) in [6.07, 6.45) is 2.77. The molecule has 0 spiro atoms. The maximum atomic E-state index is 9.95. The Morgan fingerprint density at radius 3 is 2.87 bits per heavy atom. The van der Waals surface area contributed by atoms with Crippen molar-refractivity contribution in [1.29, 1.82) is 0 Å². The molecule has 0 aliphatic heterocycles. The molecule has 0 bridgehead atoms. The fraction of sp³-hybridized carbons (Fsp3) is 0.333. The Bertz CT molecular complexity index is 403. The molecule has 2 aromatic rings. The molecule has 2 rings (SSSR count). The number of hydrogen-bond acceptors (Lipinski definition) is 3. The van der Waals surface area contributed by atoms with Crippen molar-refractivity contribution in [3.05, 3.63) is 46.0 Å². The monoisotopic (exact) mass is 222 g/mol. The van der Waals surface area contributed by atoms with Crippen LogP contribution < -0.4 is 0 Å². The molecule has 80 valence electrons. The Morgan fingerprint density at radius 2 is 2.27 bits per heavy atom. The van der Waals surface area contributed by atoms with Gasteiger partial charge in [-0.15, -0.1) is 11.3 Å². The lowest BCUT2D eigenvalue weighted by Crippen LogP contribution is -1.97. The first-order valence-electron chi connectivity index (χ1n) is 5.08. The second-order valence-electron chi connectivity index (χ2n) is 3.46. The fourth-order valence-electron chi connectivity index (χ4n) is 1.48. The third-order valence-corrected chi connectivity index (χ3v) is 3.66. The van der Waals surface area contributed by atoms with Crippen LogP contribution >= 0.6 is 11.3 Å². The van der Waals surface area contributed by atoms with Gasteiger partial charge in [-0.1, -0.05) is 6.92 Å². The summed E-state index contributed by atoms with van der Waals surface area (Å²) in [4.78, 5) is 2.33. The molecule has 1 atom stereocenters. The zero-order chi connectivity index (χ0) is 10.7. The van der Waals surface area contributed by atoms with Crippen LogP contribution in [0.5, 0.6) is 0 Å². The molecule has 2 heterocycles. The van der Waals surface area contributed by atoms with E-state index in [2.05, 4.69) is 13.0 Å². The predicted molar refractivity (Wildman–Crippen MR) is 61.1 cm³/mol. The highest BCUT2D eigenvalue weighted by atomic mass is 32.1. The van der Waals surface area contributed by atoms with Gasteiger partial charge in [0.2, 0.25) is 0 Å². The molecule has 0 saturated heterocycles. The summed E-state index contributed by atoms with van der Waals surface area (Å²) in [6.45, 7) is 2.12. The number of hydrogen-bond donors (Lipinski definition) is 1. The number of rotatable bonds is 4. The molecule has 0 aliphatic rings. The van der Waals surface area contributed by atoms with Gasteiger partial charge in [-0.25, -0.2) is 0 Å². The lowest BCUT2D eigenvalue weighted by atomic mass is 10.2. The van der Waals surface area contributed by atoms with Crippen molar-refractivity contribution in [1.82, 2.24) is 0 Å². The average molecular weight is 222 g/mol. The van der Waals surface area contributed by atoms with E-state index in [0.717, 1.165) is 17.1 Å². The molecular weight excluding hydrogens is 208 g/mol. The van der Waals surface area contributed by atoms with Crippen LogP contribution in [0.3, 0.4) is 0 Å². The minimum absolute atomic E-state index is 0.443. The number of aryl methyl sites for hydroxylation is 1. The standard InChI is InChI=1S/C12H14O2S/c1-2-10-5-6-12(15-10)11(13)8-9-4-3-7-14-9/h3-7,11,13H,2,8H2,1H3. The molecule has 3 heteroatoms. The normalized spacial score (nSPS) is 12.9. The van der Waals surface area contributed by atoms with E-state index >= 15 is 0 Å². The summed E-state index contributed by atoms with van der Waals surface area (Å²) in [5.74, 6) is 0.828. The lowest BCUT2D eigenvalue weighted by molar-refractivity contribution is 0.174. The van der Waals surface area contributed by atoms with Crippen molar-refractivity contribution >= 4 is 11.3 Å². The highest BCUT2D eigenvalue weighted by Gasteiger charge is 2.12. The van der Waals surface area contributed by atoms with Crippen LogP contribution in [0.25, 0.3) is 0 Å². The van der Waals surface area contributed by atoms with Gasteiger partial charge < -0.3 is 9.52 Å². The van der Waals surface area contributed by atoms with Crippen LogP contribution in [0.15, 0.2) is 34.9 Å². The van der Waals surface area contributed by atoms with Crippen LogP contribution in [0.1, 0.15) is 28.5 Å². The van der Waals surface area contributed by atoms with Crippen molar-refractivity contribution in [3.63, 3.8) is 0 Å². The molecule has 15 heavy (non-hydrogen) atoms. The Kier molecular flexibility index (Phi) is 3.23. The zero-order valence-corrected chi connectivity index (χ0v) is 9.46. The van der Waals surface area contributed by atoms with Gasteiger partial charge in [0.25, 0.3) is 0 Å². The molecule has 2 nitrogen and oxygen atoms in total. The first-order valence-corrected chi connectivity index (χ1v) is 5.90. The van der Waals surface area contributed by atoms with Gasteiger partial charge in [0, 0.05) is 16.2 Å². The summed E-state index contributed by atoms with van der Waals surface area (Å²) in [5, 5.41) is 9.95. The van der Waals surface area contributed by atoms with E-state index in [1.165, 1.54) is 4.88 Å². The van der Waals surface area contributed by atoms with Gasteiger partial charge >= 0.3 is 0 Å². The maximum Gasteiger partial charge on any atom is 0.106 e. The smallest absolute Gasteiger partial charge is 0.106 e. The summed E-state index contributed by atoms with van der Waals surface area (Å²) >= 11 is 1.67. The zero-order valence-electron chi connectivity index (χ0n) is 8.64. The van der Waals surface area contributed by atoms with Crippen LogP contribution in [-0.2, 0) is 12.8 Å². The van der Waals surface area contributed by atoms with Crippen molar-refractivity contribution in [2.75, 3.05) is 0 Å². The van der Waals surface area contributed by atoms with Crippen molar-refractivity contribution < 1.29 is 9.52 Å². The summed E-state index contributed by atoms with van der Waals surface area (Å²) < 4.78 is 5.20. The molecule has 2 aromatic heterocycles. The average Bonchev–Trinajstić information content (AvgIpc) is 2.86. The second kappa shape index (κ2) is 4.64. The Hall–Kier alpha value is -1.06. The summed E-state index contributed by atoms with van der Waals surface area (Å²) in [7, 11) is 0. The third kappa shape index (κ3) is 2.49. The van der Waals surface area contributed by atoms with Gasteiger partial charge in [0.05, 0.1) is 12.4 Å². The molecule has 0 fully saturated rings. The number of furan rings is 1. The van der Waals surface area contributed by atoms with E-state index in [4.69, 9.17) is 4.42 Å². The molecule has 0 aromatic carbocycles. The van der Waals surface area contributed by atoms with Crippen LogP contribution in [0, 0.1) is 0 Å². The highest BCUT2D eigenvalue weighted by molar-refractivity contribution is 7.12. The summed E-state index contributed by atoms with van der Waals surface area (Å²) in [5.41, 5.74) is 0. The fourth-order valence-corrected chi connectivity index (χ4v) is 2.42. The van der Waals surface area contributed by atoms with Gasteiger partial charge in [0.1, 0.15) is 5.76 Å². The minimum atomic E-state index is -0.443. The van der Waals surface area contributed by atoms with E-state index in [9.17, 15) is 5.11 Å². The second-order valence-corrected chi connectivity index (χ2v) is 4.66. The Labute approximate surface area is 93.2 Å². The van der Waals surface area contributed by atoms with E-state index in [1.807, 2.05) is 18.2 Å². The molecule has 0 aliphatic carbocycles. The molecule has 0 radical (unpaired) electrons.